The number of hydrogen-bond acceptors (Lipinski definition) is 3. The lowest BCUT2D eigenvalue weighted by molar-refractivity contribution is -0.119. The molecular weight excluding hydrogens is 302 g/mol. The molecule has 0 spiro atoms. The molecule has 6 heteroatoms. The quantitative estimate of drug-likeness (QED) is 0.945. The van der Waals surface area contributed by atoms with E-state index < -0.39 is 6.04 Å². The smallest absolute Gasteiger partial charge is 0.267 e. The van der Waals surface area contributed by atoms with Gasteiger partial charge in [-0.05, 0) is 51.0 Å². The Morgan fingerprint density at radius 2 is 2.00 bits per heavy atom. The Hall–Kier alpha value is -2.14. The van der Waals surface area contributed by atoms with Gasteiger partial charge in [0, 0.05) is 16.8 Å². The van der Waals surface area contributed by atoms with E-state index in [-0.39, 0.29) is 11.5 Å². The van der Waals surface area contributed by atoms with Gasteiger partial charge in [0.2, 0.25) is 5.91 Å². The standard InChI is InChI=1S/C16H18ClN3O2/c1-9-8-15(21)20(19-11(9)3)12(4)16(22)18-14-7-5-6-13(17)10(14)2/h5-8,12H,1-4H3,(H,18,22)/t12-/m1/s1. The number of rotatable bonds is 3. The molecule has 0 fully saturated rings. The second-order valence-electron chi connectivity index (χ2n) is 5.27. The Morgan fingerprint density at radius 3 is 2.68 bits per heavy atom. The molecule has 2 aromatic rings. The van der Waals surface area contributed by atoms with Crippen molar-refractivity contribution in [1.82, 2.24) is 9.78 Å². The minimum atomic E-state index is -0.717. The predicted octanol–water partition coefficient (Wildman–Crippen LogP) is 3.02. The number of nitrogens with zero attached hydrogens (tertiary/aromatic N) is 2. The van der Waals surface area contributed by atoms with Gasteiger partial charge in [-0.3, -0.25) is 9.59 Å². The van der Waals surface area contributed by atoms with E-state index in [4.69, 9.17) is 11.6 Å². The number of aryl methyl sites for hydroxylation is 2. The van der Waals surface area contributed by atoms with Crippen molar-refractivity contribution in [3.63, 3.8) is 0 Å². The van der Waals surface area contributed by atoms with E-state index in [9.17, 15) is 9.59 Å². The summed E-state index contributed by atoms with van der Waals surface area (Å²) in [4.78, 5) is 24.4. The fourth-order valence-corrected chi connectivity index (χ4v) is 2.19. The molecule has 0 aliphatic rings. The highest BCUT2D eigenvalue weighted by Crippen LogP contribution is 2.23. The van der Waals surface area contributed by atoms with E-state index >= 15 is 0 Å². The van der Waals surface area contributed by atoms with E-state index in [1.807, 2.05) is 13.8 Å². The zero-order chi connectivity index (χ0) is 16.4. The third-order valence-corrected chi connectivity index (χ3v) is 4.08. The maximum atomic E-state index is 12.4. The van der Waals surface area contributed by atoms with Crippen molar-refractivity contribution in [3.8, 4) is 0 Å². The third kappa shape index (κ3) is 3.20. The molecule has 0 radical (unpaired) electrons. The molecular formula is C16H18ClN3O2. The number of halogens is 1. The number of carbonyl (C=O) groups is 1. The Morgan fingerprint density at radius 1 is 1.32 bits per heavy atom. The molecule has 1 heterocycles. The van der Waals surface area contributed by atoms with Crippen molar-refractivity contribution >= 4 is 23.2 Å². The van der Waals surface area contributed by atoms with Gasteiger partial charge in [-0.1, -0.05) is 17.7 Å². The summed E-state index contributed by atoms with van der Waals surface area (Å²) in [5, 5.41) is 7.56. The first kappa shape index (κ1) is 16.2. The van der Waals surface area contributed by atoms with Crippen LogP contribution in [0.25, 0.3) is 0 Å². The summed E-state index contributed by atoms with van der Waals surface area (Å²) in [7, 11) is 0. The van der Waals surface area contributed by atoms with Crippen LogP contribution in [-0.4, -0.2) is 15.7 Å². The Labute approximate surface area is 133 Å². The molecule has 1 N–H and O–H groups in total. The molecule has 0 saturated heterocycles. The van der Waals surface area contributed by atoms with Crippen LogP contribution >= 0.6 is 11.6 Å². The first-order valence-electron chi connectivity index (χ1n) is 6.94. The molecule has 116 valence electrons. The third-order valence-electron chi connectivity index (χ3n) is 3.67. The largest absolute Gasteiger partial charge is 0.324 e. The monoisotopic (exact) mass is 319 g/mol. The van der Waals surface area contributed by atoms with E-state index in [0.717, 1.165) is 16.8 Å². The lowest BCUT2D eigenvalue weighted by Crippen LogP contribution is -2.34. The van der Waals surface area contributed by atoms with E-state index in [2.05, 4.69) is 10.4 Å². The maximum Gasteiger partial charge on any atom is 0.267 e. The van der Waals surface area contributed by atoms with Crippen molar-refractivity contribution in [2.75, 3.05) is 5.32 Å². The summed E-state index contributed by atoms with van der Waals surface area (Å²) in [6.45, 7) is 7.08. The van der Waals surface area contributed by atoms with Crippen LogP contribution in [0.3, 0.4) is 0 Å². The molecule has 1 aromatic carbocycles. The summed E-state index contributed by atoms with van der Waals surface area (Å²) in [6.07, 6.45) is 0. The number of benzene rings is 1. The minimum Gasteiger partial charge on any atom is -0.324 e. The van der Waals surface area contributed by atoms with Gasteiger partial charge < -0.3 is 5.32 Å². The molecule has 0 bridgehead atoms. The van der Waals surface area contributed by atoms with Crippen LogP contribution in [0.15, 0.2) is 29.1 Å². The molecule has 0 unspecified atom stereocenters. The van der Waals surface area contributed by atoms with Crippen molar-refractivity contribution in [1.29, 1.82) is 0 Å². The minimum absolute atomic E-state index is 0.298. The van der Waals surface area contributed by atoms with Crippen LogP contribution < -0.4 is 10.9 Å². The molecule has 1 amide bonds. The van der Waals surface area contributed by atoms with Gasteiger partial charge in [-0.2, -0.15) is 5.10 Å². The number of nitrogens with one attached hydrogen (secondary N) is 1. The highest BCUT2D eigenvalue weighted by atomic mass is 35.5. The average molecular weight is 320 g/mol. The van der Waals surface area contributed by atoms with Crippen molar-refractivity contribution in [2.45, 2.75) is 33.7 Å². The fraction of sp³-hybridized carbons (Fsp3) is 0.312. The van der Waals surface area contributed by atoms with Crippen molar-refractivity contribution in [2.24, 2.45) is 0 Å². The molecule has 5 nitrogen and oxygen atoms in total. The molecule has 0 saturated carbocycles. The van der Waals surface area contributed by atoms with E-state index in [0.29, 0.717) is 10.7 Å². The Kier molecular flexibility index (Phi) is 4.66. The predicted molar refractivity (Wildman–Crippen MR) is 87.5 cm³/mol. The van der Waals surface area contributed by atoms with Gasteiger partial charge in [-0.15, -0.1) is 0 Å². The van der Waals surface area contributed by atoms with Crippen molar-refractivity contribution < 1.29 is 4.79 Å². The topological polar surface area (TPSA) is 64.0 Å². The van der Waals surface area contributed by atoms with Gasteiger partial charge in [0.05, 0.1) is 5.69 Å². The van der Waals surface area contributed by atoms with Gasteiger partial charge in [0.25, 0.3) is 5.56 Å². The van der Waals surface area contributed by atoms with Crippen LogP contribution in [0, 0.1) is 20.8 Å². The lowest BCUT2D eigenvalue weighted by Gasteiger charge is -2.16. The van der Waals surface area contributed by atoms with Crippen LogP contribution in [0.2, 0.25) is 5.02 Å². The Balaban J connectivity index is 2.28. The number of carbonyl (C=O) groups excluding carboxylic acids is 1. The number of anilines is 1. The Bertz CT molecular complexity index is 783. The second kappa shape index (κ2) is 6.32. The van der Waals surface area contributed by atoms with E-state index in [1.165, 1.54) is 10.7 Å². The average Bonchev–Trinajstić information content (AvgIpc) is 2.47. The number of hydrogen-bond donors (Lipinski definition) is 1. The zero-order valence-corrected chi connectivity index (χ0v) is 13.7. The van der Waals surface area contributed by atoms with Crippen LogP contribution in [0.1, 0.15) is 29.8 Å². The SMILES string of the molecule is Cc1cc(=O)n([C@H](C)C(=O)Nc2cccc(Cl)c2C)nc1C. The molecule has 22 heavy (non-hydrogen) atoms. The second-order valence-corrected chi connectivity index (χ2v) is 5.68. The van der Waals surface area contributed by atoms with Gasteiger partial charge in [0.1, 0.15) is 6.04 Å². The summed E-state index contributed by atoms with van der Waals surface area (Å²) in [5.74, 6) is -0.316. The van der Waals surface area contributed by atoms with Crippen LogP contribution in [0.5, 0.6) is 0 Å². The highest BCUT2D eigenvalue weighted by Gasteiger charge is 2.19. The summed E-state index contributed by atoms with van der Waals surface area (Å²) in [5.41, 5.74) is 2.64. The summed E-state index contributed by atoms with van der Waals surface area (Å²) < 4.78 is 1.19. The van der Waals surface area contributed by atoms with Crippen LogP contribution in [0.4, 0.5) is 5.69 Å². The summed E-state index contributed by atoms with van der Waals surface area (Å²) >= 11 is 6.04. The zero-order valence-electron chi connectivity index (χ0n) is 13.0. The maximum absolute atomic E-state index is 12.4. The molecule has 1 atom stereocenters. The molecule has 2 rings (SSSR count). The molecule has 0 aliphatic carbocycles. The normalized spacial score (nSPS) is 12.0. The summed E-state index contributed by atoms with van der Waals surface area (Å²) in [6, 6.07) is 6.05. The fourth-order valence-electron chi connectivity index (χ4n) is 2.01. The van der Waals surface area contributed by atoms with Gasteiger partial charge in [0.15, 0.2) is 0 Å². The molecule has 0 aliphatic heterocycles. The van der Waals surface area contributed by atoms with Crippen LogP contribution in [-0.2, 0) is 4.79 Å². The number of amides is 1. The van der Waals surface area contributed by atoms with Crippen molar-refractivity contribution in [3.05, 3.63) is 56.5 Å². The molecule has 1 aromatic heterocycles. The first-order valence-corrected chi connectivity index (χ1v) is 7.32. The number of aromatic nitrogens is 2. The highest BCUT2D eigenvalue weighted by molar-refractivity contribution is 6.31. The van der Waals surface area contributed by atoms with E-state index in [1.54, 1.807) is 32.0 Å². The first-order chi connectivity index (χ1) is 10.3. The van der Waals surface area contributed by atoms with Gasteiger partial charge in [-0.25, -0.2) is 4.68 Å². The van der Waals surface area contributed by atoms with Gasteiger partial charge >= 0.3 is 0 Å². The lowest BCUT2D eigenvalue weighted by atomic mass is 10.2.